The van der Waals surface area contributed by atoms with Crippen molar-refractivity contribution in [2.45, 2.75) is 19.3 Å². The molecule has 0 aromatic rings. The Balaban J connectivity index is 3.25. The van der Waals surface area contributed by atoms with Gasteiger partial charge in [-0.25, -0.2) is 0 Å². The molecule has 12 heavy (non-hydrogen) atoms. The van der Waals surface area contributed by atoms with Gasteiger partial charge in [-0.3, -0.25) is 4.79 Å². The third-order valence-corrected chi connectivity index (χ3v) is 1.79. The van der Waals surface area contributed by atoms with E-state index in [1.165, 1.54) is 0 Å². The summed E-state index contributed by atoms with van der Waals surface area (Å²) in [5.74, 6) is 3.04. The Kier molecular flexibility index (Phi) is 9.18. The molecule has 0 aliphatic rings. The molecule has 0 fully saturated rings. The van der Waals surface area contributed by atoms with E-state index in [9.17, 15) is 4.79 Å². The van der Waals surface area contributed by atoms with Gasteiger partial charge in [-0.05, 0) is 16.8 Å². The minimum Gasteiger partial charge on any atom is -0.452 e. The lowest BCUT2D eigenvalue weighted by Gasteiger charge is -1.98. The number of ether oxygens (including phenoxy) is 1. The predicted molar refractivity (Wildman–Crippen MR) is 57.3 cm³/mol. The van der Waals surface area contributed by atoms with Crippen LogP contribution < -0.4 is 0 Å². The summed E-state index contributed by atoms with van der Waals surface area (Å²) in [6.07, 6.45) is 2.09. The van der Waals surface area contributed by atoms with Crippen molar-refractivity contribution in [2.24, 2.45) is 0 Å². The highest BCUT2D eigenvalue weighted by Gasteiger charge is 1.99. The average molecular weight is 301 g/mol. The molecule has 0 aliphatic carbocycles. The Morgan fingerprint density at radius 2 is 2.25 bits per heavy atom. The van der Waals surface area contributed by atoms with E-state index in [-0.39, 0.29) is 12.6 Å². The fourth-order valence-corrected chi connectivity index (χ4v) is 0.925. The van der Waals surface area contributed by atoms with Crippen molar-refractivity contribution in [3.63, 3.8) is 0 Å². The number of halogens is 2. The fraction of sp³-hybridized carbons (Fsp3) is 0.625. The molecule has 0 aromatic carbocycles. The van der Waals surface area contributed by atoms with Crippen molar-refractivity contribution < 1.29 is 9.53 Å². The van der Waals surface area contributed by atoms with Gasteiger partial charge in [0, 0.05) is 34.9 Å². The molecule has 0 bridgehead atoms. The van der Waals surface area contributed by atoms with E-state index in [0.717, 1.165) is 12.8 Å². The number of hydrogen-bond donors (Lipinski definition) is 0. The van der Waals surface area contributed by atoms with E-state index in [1.54, 1.807) is 0 Å². The summed E-state index contributed by atoms with van der Waals surface area (Å²) < 4.78 is 7.38. The lowest BCUT2D eigenvalue weighted by molar-refractivity contribution is -0.142. The van der Waals surface area contributed by atoms with Crippen LogP contribution in [0.3, 0.4) is 0 Å². The van der Waals surface area contributed by atoms with Gasteiger partial charge in [0.25, 0.3) is 0 Å². The van der Waals surface area contributed by atoms with E-state index >= 15 is 0 Å². The summed E-state index contributed by atoms with van der Waals surface area (Å²) >= 11 is 7.34. The van der Waals surface area contributed by atoms with Crippen LogP contribution in [-0.4, -0.2) is 18.5 Å². The zero-order valence-corrected chi connectivity index (χ0v) is 9.52. The molecule has 0 aliphatic heterocycles. The van der Waals surface area contributed by atoms with Crippen molar-refractivity contribution in [3.8, 4) is 9.85 Å². The highest BCUT2D eigenvalue weighted by atomic mass is 127. The maximum Gasteiger partial charge on any atom is 0.306 e. The first-order chi connectivity index (χ1) is 5.81. The molecule has 2 nitrogen and oxygen atoms in total. The second-order valence-electron chi connectivity index (χ2n) is 2.08. The SMILES string of the molecule is O=C(CCCCCl)OCC#CI. The monoisotopic (exact) mass is 300 g/mol. The molecule has 0 aromatic heterocycles. The molecule has 0 radical (unpaired) electrons. The van der Waals surface area contributed by atoms with Gasteiger partial charge in [0.2, 0.25) is 0 Å². The molecular weight excluding hydrogens is 290 g/mol. The van der Waals surface area contributed by atoms with Gasteiger partial charge in [0.15, 0.2) is 6.61 Å². The summed E-state index contributed by atoms with van der Waals surface area (Å²) in [5.41, 5.74) is 0. The Bertz CT molecular complexity index is 183. The molecular formula is C8H10ClIO2. The molecule has 0 atom stereocenters. The van der Waals surface area contributed by atoms with E-state index in [2.05, 4.69) is 9.85 Å². The molecule has 4 heteroatoms. The minimum atomic E-state index is -0.195. The first-order valence-electron chi connectivity index (χ1n) is 3.61. The van der Waals surface area contributed by atoms with Gasteiger partial charge in [0.1, 0.15) is 0 Å². The van der Waals surface area contributed by atoms with Crippen molar-refractivity contribution >= 4 is 40.2 Å². The van der Waals surface area contributed by atoms with Crippen LogP contribution in [0.5, 0.6) is 0 Å². The molecule has 0 amide bonds. The van der Waals surface area contributed by atoms with Crippen molar-refractivity contribution in [3.05, 3.63) is 0 Å². The average Bonchev–Trinajstić information content (AvgIpc) is 2.06. The number of esters is 1. The molecule has 0 spiro atoms. The Labute approximate surface area is 91.1 Å². The van der Waals surface area contributed by atoms with Gasteiger partial charge < -0.3 is 4.74 Å². The Morgan fingerprint density at radius 3 is 2.83 bits per heavy atom. The zero-order valence-electron chi connectivity index (χ0n) is 6.61. The normalized spacial score (nSPS) is 8.50. The van der Waals surface area contributed by atoms with E-state index < -0.39 is 0 Å². The predicted octanol–water partition coefficient (Wildman–Crippen LogP) is 2.33. The highest BCUT2D eigenvalue weighted by molar-refractivity contribution is 14.1. The number of carbonyl (C=O) groups excluding carboxylic acids is 1. The summed E-state index contributed by atoms with van der Waals surface area (Å²) in [6, 6.07) is 0. The first kappa shape index (κ1) is 12.0. The number of carbonyl (C=O) groups is 1. The largest absolute Gasteiger partial charge is 0.452 e. The molecule has 0 heterocycles. The van der Waals surface area contributed by atoms with Crippen LogP contribution in [0, 0.1) is 9.85 Å². The third kappa shape index (κ3) is 8.15. The van der Waals surface area contributed by atoms with Crippen LogP contribution in [0.1, 0.15) is 19.3 Å². The van der Waals surface area contributed by atoms with Crippen LogP contribution in [-0.2, 0) is 9.53 Å². The first-order valence-corrected chi connectivity index (χ1v) is 5.22. The highest BCUT2D eigenvalue weighted by Crippen LogP contribution is 1.98. The van der Waals surface area contributed by atoms with Crippen LogP contribution in [0.25, 0.3) is 0 Å². The van der Waals surface area contributed by atoms with Gasteiger partial charge >= 0.3 is 5.97 Å². The van der Waals surface area contributed by atoms with E-state index in [1.807, 2.05) is 22.6 Å². The summed E-state index contributed by atoms with van der Waals surface area (Å²) in [4.78, 5) is 10.9. The molecule has 0 unspecified atom stereocenters. The lowest BCUT2D eigenvalue weighted by atomic mass is 10.2. The molecule has 0 N–H and O–H groups in total. The van der Waals surface area contributed by atoms with Crippen LogP contribution >= 0.6 is 34.2 Å². The smallest absolute Gasteiger partial charge is 0.306 e. The van der Waals surface area contributed by atoms with E-state index in [4.69, 9.17) is 16.3 Å². The van der Waals surface area contributed by atoms with Crippen molar-refractivity contribution in [1.29, 1.82) is 0 Å². The maximum absolute atomic E-state index is 10.9. The summed E-state index contributed by atoms with van der Waals surface area (Å²) in [5, 5.41) is 0. The standard InChI is InChI=1S/C8H10ClIO2/c9-5-2-1-4-8(11)12-7-3-6-10/h1-2,4-5,7H2. The number of alkyl halides is 1. The minimum absolute atomic E-state index is 0.195. The summed E-state index contributed by atoms with van der Waals surface area (Å²) in [6.45, 7) is 0.197. The van der Waals surface area contributed by atoms with Gasteiger partial charge in [-0.2, -0.15) is 0 Å². The van der Waals surface area contributed by atoms with Gasteiger partial charge in [0.05, 0.1) is 0 Å². The molecule has 68 valence electrons. The zero-order chi connectivity index (χ0) is 9.23. The van der Waals surface area contributed by atoms with Gasteiger partial charge in [-0.1, -0.05) is 5.92 Å². The second kappa shape index (κ2) is 9.14. The fourth-order valence-electron chi connectivity index (χ4n) is 0.580. The van der Waals surface area contributed by atoms with Crippen molar-refractivity contribution in [1.82, 2.24) is 0 Å². The van der Waals surface area contributed by atoms with E-state index in [0.29, 0.717) is 12.3 Å². The molecule has 0 saturated heterocycles. The van der Waals surface area contributed by atoms with Crippen LogP contribution in [0.15, 0.2) is 0 Å². The third-order valence-electron chi connectivity index (χ3n) is 1.14. The van der Waals surface area contributed by atoms with Crippen molar-refractivity contribution in [2.75, 3.05) is 12.5 Å². The van der Waals surface area contributed by atoms with Crippen LogP contribution in [0.4, 0.5) is 0 Å². The number of unbranched alkanes of at least 4 members (excludes halogenated alkanes) is 1. The quantitative estimate of drug-likeness (QED) is 0.256. The number of rotatable bonds is 5. The maximum atomic E-state index is 10.9. The molecule has 0 rings (SSSR count). The molecule has 0 saturated carbocycles. The Hall–Kier alpha value is 0.0500. The Morgan fingerprint density at radius 1 is 1.50 bits per heavy atom. The van der Waals surface area contributed by atoms with Crippen LogP contribution in [0.2, 0.25) is 0 Å². The lowest BCUT2D eigenvalue weighted by Crippen LogP contribution is -2.04. The van der Waals surface area contributed by atoms with Gasteiger partial charge in [-0.15, -0.1) is 11.6 Å². The summed E-state index contributed by atoms with van der Waals surface area (Å²) in [7, 11) is 0. The number of hydrogen-bond acceptors (Lipinski definition) is 2. The topological polar surface area (TPSA) is 26.3 Å². The second-order valence-corrected chi connectivity index (χ2v) is 3.00.